The first-order valence-electron chi connectivity index (χ1n) is 6.91. The summed E-state index contributed by atoms with van der Waals surface area (Å²) in [7, 11) is 0. The van der Waals surface area contributed by atoms with Crippen molar-refractivity contribution in [2.45, 2.75) is 26.8 Å². The van der Waals surface area contributed by atoms with E-state index in [9.17, 15) is 0 Å². The zero-order valence-corrected chi connectivity index (χ0v) is 14.1. The lowest BCUT2D eigenvalue weighted by atomic mass is 10.1. The molecule has 2 rings (SSSR count). The summed E-state index contributed by atoms with van der Waals surface area (Å²) in [6, 6.07) is 14.7. The number of benzene rings is 2. The molecular weight excluding hydrogens is 361 g/mol. The Hall–Kier alpha value is -1.23. The molecule has 0 aliphatic heterocycles. The molecule has 0 saturated heterocycles. The highest BCUT2D eigenvalue weighted by atomic mass is 127. The molecule has 0 aliphatic carbocycles. The van der Waals surface area contributed by atoms with E-state index in [0.29, 0.717) is 0 Å². The van der Waals surface area contributed by atoms with Crippen molar-refractivity contribution in [2.75, 3.05) is 11.9 Å². The summed E-state index contributed by atoms with van der Waals surface area (Å²) in [4.78, 5) is 0. The summed E-state index contributed by atoms with van der Waals surface area (Å²) in [6.45, 7) is 5.85. The fraction of sp³-hybridized carbons (Fsp3) is 0.294. The van der Waals surface area contributed by atoms with Gasteiger partial charge in [-0.15, -0.1) is 0 Å². The fourth-order valence-corrected chi connectivity index (χ4v) is 2.59. The lowest BCUT2D eigenvalue weighted by Crippen LogP contribution is -2.01. The van der Waals surface area contributed by atoms with Crippen LogP contribution in [0.3, 0.4) is 0 Å². The minimum atomic E-state index is 0.777. The van der Waals surface area contributed by atoms with Crippen molar-refractivity contribution in [3.8, 4) is 5.75 Å². The summed E-state index contributed by atoms with van der Waals surface area (Å²) in [6.07, 6.45) is 1.04. The predicted molar refractivity (Wildman–Crippen MR) is 93.5 cm³/mol. The lowest BCUT2D eigenvalue weighted by molar-refractivity contribution is 0.317. The predicted octanol–water partition coefficient (Wildman–Crippen LogP) is 5.00. The van der Waals surface area contributed by atoms with E-state index < -0.39 is 0 Å². The third kappa shape index (κ3) is 4.40. The molecule has 0 saturated carbocycles. The van der Waals surface area contributed by atoms with Crippen LogP contribution in [0.1, 0.15) is 24.5 Å². The van der Waals surface area contributed by atoms with Crippen LogP contribution in [0.15, 0.2) is 42.5 Å². The average molecular weight is 381 g/mol. The van der Waals surface area contributed by atoms with E-state index in [-0.39, 0.29) is 0 Å². The molecule has 0 radical (unpaired) electrons. The molecule has 0 atom stereocenters. The largest absolute Gasteiger partial charge is 0.494 e. The maximum atomic E-state index is 5.58. The van der Waals surface area contributed by atoms with Gasteiger partial charge in [0.25, 0.3) is 0 Å². The van der Waals surface area contributed by atoms with E-state index in [1.165, 1.54) is 20.4 Å². The number of rotatable bonds is 6. The van der Waals surface area contributed by atoms with Crippen molar-refractivity contribution in [1.29, 1.82) is 0 Å². The molecular formula is C17H20INO. The van der Waals surface area contributed by atoms with Crippen molar-refractivity contribution in [3.63, 3.8) is 0 Å². The highest BCUT2D eigenvalue weighted by Crippen LogP contribution is 2.19. The first kappa shape index (κ1) is 15.2. The number of ether oxygens (including phenoxy) is 1. The summed E-state index contributed by atoms with van der Waals surface area (Å²) >= 11 is 2.33. The van der Waals surface area contributed by atoms with E-state index in [2.05, 4.69) is 72.1 Å². The van der Waals surface area contributed by atoms with Gasteiger partial charge in [0.15, 0.2) is 0 Å². The monoisotopic (exact) mass is 381 g/mol. The SMILES string of the molecule is CCCOc1ccc(CNc2ccc(I)cc2C)cc1. The number of hydrogen-bond donors (Lipinski definition) is 1. The second-order valence-corrected chi connectivity index (χ2v) is 6.05. The zero-order chi connectivity index (χ0) is 14.4. The molecule has 20 heavy (non-hydrogen) atoms. The van der Waals surface area contributed by atoms with E-state index in [4.69, 9.17) is 4.74 Å². The first-order chi connectivity index (χ1) is 9.69. The molecule has 0 spiro atoms. The fourth-order valence-electron chi connectivity index (χ4n) is 1.95. The van der Waals surface area contributed by atoms with Crippen LogP contribution in [0.2, 0.25) is 0 Å². The van der Waals surface area contributed by atoms with Gasteiger partial charge in [-0.1, -0.05) is 19.1 Å². The van der Waals surface area contributed by atoms with Gasteiger partial charge in [-0.25, -0.2) is 0 Å². The van der Waals surface area contributed by atoms with Gasteiger partial charge in [-0.3, -0.25) is 0 Å². The molecule has 106 valence electrons. The molecule has 0 heterocycles. The van der Waals surface area contributed by atoms with Crippen LogP contribution in [0, 0.1) is 10.5 Å². The molecule has 1 N–H and O–H groups in total. The third-order valence-corrected chi connectivity index (χ3v) is 3.74. The Labute approximate surface area is 134 Å². The average Bonchev–Trinajstić information content (AvgIpc) is 2.45. The van der Waals surface area contributed by atoms with Crippen LogP contribution in [-0.4, -0.2) is 6.61 Å². The second kappa shape index (κ2) is 7.53. The maximum absolute atomic E-state index is 5.58. The second-order valence-electron chi connectivity index (χ2n) is 4.81. The Morgan fingerprint density at radius 3 is 2.50 bits per heavy atom. The molecule has 0 amide bonds. The molecule has 0 unspecified atom stereocenters. The van der Waals surface area contributed by atoms with E-state index in [1.54, 1.807) is 0 Å². The zero-order valence-electron chi connectivity index (χ0n) is 11.9. The molecule has 0 aromatic heterocycles. The van der Waals surface area contributed by atoms with Crippen LogP contribution in [0.4, 0.5) is 5.69 Å². The van der Waals surface area contributed by atoms with Gasteiger partial charge < -0.3 is 10.1 Å². The van der Waals surface area contributed by atoms with Crippen LogP contribution < -0.4 is 10.1 Å². The molecule has 0 fully saturated rings. The molecule has 0 bridgehead atoms. The lowest BCUT2D eigenvalue weighted by Gasteiger charge is -2.11. The molecule has 2 nitrogen and oxygen atoms in total. The van der Waals surface area contributed by atoms with Gasteiger partial charge in [-0.2, -0.15) is 0 Å². The van der Waals surface area contributed by atoms with E-state index >= 15 is 0 Å². The summed E-state index contributed by atoms with van der Waals surface area (Å²) < 4.78 is 6.85. The minimum Gasteiger partial charge on any atom is -0.494 e. The molecule has 0 aliphatic rings. The van der Waals surface area contributed by atoms with Gasteiger partial charge in [0.1, 0.15) is 5.75 Å². The van der Waals surface area contributed by atoms with Crippen LogP contribution in [0.25, 0.3) is 0 Å². The van der Waals surface area contributed by atoms with Crippen LogP contribution in [-0.2, 0) is 6.54 Å². The molecule has 2 aromatic carbocycles. The standard InChI is InChI=1S/C17H20INO/c1-3-10-20-16-7-4-14(5-8-16)12-19-17-9-6-15(18)11-13(17)2/h4-9,11,19H,3,10,12H2,1-2H3. The van der Waals surface area contributed by atoms with E-state index in [1.807, 2.05) is 12.1 Å². The number of halogens is 1. The van der Waals surface area contributed by atoms with Crippen LogP contribution >= 0.6 is 22.6 Å². The van der Waals surface area contributed by atoms with Crippen molar-refractivity contribution in [3.05, 3.63) is 57.2 Å². The van der Waals surface area contributed by atoms with Crippen molar-refractivity contribution in [2.24, 2.45) is 0 Å². The normalized spacial score (nSPS) is 10.3. The van der Waals surface area contributed by atoms with Crippen molar-refractivity contribution in [1.82, 2.24) is 0 Å². The summed E-state index contributed by atoms with van der Waals surface area (Å²) in [5, 5.41) is 3.47. The number of hydrogen-bond acceptors (Lipinski definition) is 2. The van der Waals surface area contributed by atoms with Gasteiger partial charge in [0.05, 0.1) is 6.61 Å². The summed E-state index contributed by atoms with van der Waals surface area (Å²) in [5.74, 6) is 0.945. The highest BCUT2D eigenvalue weighted by Gasteiger charge is 2.00. The minimum absolute atomic E-state index is 0.777. The molecule has 3 heteroatoms. The van der Waals surface area contributed by atoms with Crippen LogP contribution in [0.5, 0.6) is 5.75 Å². The quantitative estimate of drug-likeness (QED) is 0.711. The van der Waals surface area contributed by atoms with Gasteiger partial charge in [-0.05, 0) is 77.4 Å². The topological polar surface area (TPSA) is 21.3 Å². The number of nitrogens with one attached hydrogen (secondary N) is 1. The Bertz CT molecular complexity index is 551. The van der Waals surface area contributed by atoms with Gasteiger partial charge in [0, 0.05) is 15.8 Å². The smallest absolute Gasteiger partial charge is 0.119 e. The third-order valence-electron chi connectivity index (χ3n) is 3.07. The number of aryl methyl sites for hydroxylation is 1. The van der Waals surface area contributed by atoms with Gasteiger partial charge in [0.2, 0.25) is 0 Å². The number of anilines is 1. The first-order valence-corrected chi connectivity index (χ1v) is 7.98. The Balaban J connectivity index is 1.93. The maximum Gasteiger partial charge on any atom is 0.119 e. The highest BCUT2D eigenvalue weighted by molar-refractivity contribution is 14.1. The Morgan fingerprint density at radius 1 is 1.10 bits per heavy atom. The van der Waals surface area contributed by atoms with Crippen molar-refractivity contribution < 1.29 is 4.74 Å². The van der Waals surface area contributed by atoms with E-state index in [0.717, 1.165) is 25.3 Å². The van der Waals surface area contributed by atoms with Crippen molar-refractivity contribution >= 4 is 28.3 Å². The Kier molecular flexibility index (Phi) is 5.71. The molecule has 2 aromatic rings. The van der Waals surface area contributed by atoms with Gasteiger partial charge >= 0.3 is 0 Å². The Morgan fingerprint density at radius 2 is 1.85 bits per heavy atom. The summed E-state index contributed by atoms with van der Waals surface area (Å²) in [5.41, 5.74) is 3.73.